The summed E-state index contributed by atoms with van der Waals surface area (Å²) < 4.78 is 0. The summed E-state index contributed by atoms with van der Waals surface area (Å²) in [5, 5.41) is 0. The third-order valence-electron chi connectivity index (χ3n) is 4.77. The molecule has 2 aliphatic rings. The molecule has 1 aliphatic carbocycles. The topological polar surface area (TPSA) is 6.48 Å². The highest BCUT2D eigenvalue weighted by Crippen LogP contribution is 2.32. The fourth-order valence-corrected chi connectivity index (χ4v) is 3.62. The van der Waals surface area contributed by atoms with Crippen molar-refractivity contribution < 1.29 is 0 Å². The van der Waals surface area contributed by atoms with Crippen LogP contribution in [0.4, 0.5) is 0 Å². The second-order valence-electron chi connectivity index (χ2n) is 6.90. The van der Waals surface area contributed by atoms with Crippen LogP contribution in [0, 0.1) is 0 Å². The van der Waals surface area contributed by atoms with Crippen molar-refractivity contribution in [2.24, 2.45) is 0 Å². The third kappa shape index (κ3) is 3.96. The first-order valence-corrected chi connectivity index (χ1v) is 8.00. The van der Waals surface area contributed by atoms with E-state index in [0.717, 1.165) is 45.4 Å². The summed E-state index contributed by atoms with van der Waals surface area (Å²) in [6.07, 6.45) is 3.16. The molecule has 0 radical (unpaired) electrons. The quantitative estimate of drug-likeness (QED) is 0.710. The van der Waals surface area contributed by atoms with Gasteiger partial charge < -0.3 is 0 Å². The maximum atomic E-state index is 4.24. The minimum atomic E-state index is 0.450. The van der Waals surface area contributed by atoms with Gasteiger partial charge in [0.15, 0.2) is 0 Å². The molecular formula is C19H30N2. The molecule has 116 valence electrons. The summed E-state index contributed by atoms with van der Waals surface area (Å²) in [7, 11) is 0. The van der Waals surface area contributed by atoms with Crippen LogP contribution in [-0.2, 0) is 0 Å². The van der Waals surface area contributed by atoms with Crippen molar-refractivity contribution in [2.75, 3.05) is 26.2 Å². The number of nitrogens with zero attached hydrogens (tertiary/aromatic N) is 2. The van der Waals surface area contributed by atoms with E-state index in [1.807, 2.05) is 0 Å². The van der Waals surface area contributed by atoms with Gasteiger partial charge >= 0.3 is 0 Å². The molecule has 2 heteroatoms. The molecular weight excluding hydrogens is 256 g/mol. The molecule has 2 nitrogen and oxygen atoms in total. The Kier molecular flexibility index (Phi) is 5.23. The van der Waals surface area contributed by atoms with E-state index < -0.39 is 0 Å². The number of hydrogen-bond acceptors (Lipinski definition) is 2. The lowest BCUT2D eigenvalue weighted by atomic mass is 9.99. The van der Waals surface area contributed by atoms with Crippen LogP contribution in [0.5, 0.6) is 0 Å². The van der Waals surface area contributed by atoms with Crippen LogP contribution in [-0.4, -0.2) is 48.1 Å². The first-order chi connectivity index (χ1) is 9.88. The average molecular weight is 286 g/mol. The average Bonchev–Trinajstić information content (AvgIpc) is 2.75. The lowest BCUT2D eigenvalue weighted by Gasteiger charge is -2.42. The molecule has 21 heavy (non-hydrogen) atoms. The van der Waals surface area contributed by atoms with Gasteiger partial charge in [0.1, 0.15) is 0 Å². The van der Waals surface area contributed by atoms with Gasteiger partial charge in [0.2, 0.25) is 0 Å². The molecule has 1 aliphatic heterocycles. The molecule has 2 unspecified atom stereocenters. The Labute approximate surface area is 130 Å². The van der Waals surface area contributed by atoms with Crippen molar-refractivity contribution in [3.8, 4) is 0 Å². The SMILES string of the molecule is C=C(C)CC(C(=C)C)N1CCN(C2CC(=C)CC2=C)CC1. The monoisotopic (exact) mass is 286 g/mol. The Morgan fingerprint density at radius 3 is 2.19 bits per heavy atom. The molecule has 0 aromatic heterocycles. The smallest absolute Gasteiger partial charge is 0.0346 e. The van der Waals surface area contributed by atoms with Crippen LogP contribution in [0.15, 0.2) is 48.6 Å². The minimum Gasteiger partial charge on any atom is -0.294 e. The van der Waals surface area contributed by atoms with Crippen molar-refractivity contribution in [2.45, 2.75) is 45.2 Å². The zero-order valence-corrected chi connectivity index (χ0v) is 13.8. The molecule has 2 fully saturated rings. The van der Waals surface area contributed by atoms with Crippen molar-refractivity contribution >= 4 is 0 Å². The van der Waals surface area contributed by atoms with Gasteiger partial charge in [0.05, 0.1) is 0 Å². The highest BCUT2D eigenvalue weighted by atomic mass is 15.3. The summed E-state index contributed by atoms with van der Waals surface area (Å²) in [5.41, 5.74) is 5.19. The summed E-state index contributed by atoms with van der Waals surface area (Å²) in [6.45, 7) is 25.3. The maximum absolute atomic E-state index is 4.24. The number of hydrogen-bond donors (Lipinski definition) is 0. The van der Waals surface area contributed by atoms with E-state index in [-0.39, 0.29) is 0 Å². The number of rotatable bonds is 5. The molecule has 0 spiro atoms. The van der Waals surface area contributed by atoms with E-state index in [9.17, 15) is 0 Å². The summed E-state index contributed by atoms with van der Waals surface area (Å²) >= 11 is 0. The summed E-state index contributed by atoms with van der Waals surface area (Å²) in [4.78, 5) is 5.16. The van der Waals surface area contributed by atoms with Gasteiger partial charge in [-0.3, -0.25) is 9.80 Å². The lowest BCUT2D eigenvalue weighted by molar-refractivity contribution is 0.0907. The second kappa shape index (κ2) is 6.76. The van der Waals surface area contributed by atoms with Crippen molar-refractivity contribution in [3.05, 3.63) is 48.6 Å². The van der Waals surface area contributed by atoms with Gasteiger partial charge in [-0.1, -0.05) is 42.0 Å². The Morgan fingerprint density at radius 2 is 1.76 bits per heavy atom. The minimum absolute atomic E-state index is 0.450. The molecule has 0 amide bonds. The summed E-state index contributed by atoms with van der Waals surface area (Å²) in [5.74, 6) is 0. The predicted molar refractivity (Wildman–Crippen MR) is 92.5 cm³/mol. The molecule has 1 saturated heterocycles. The van der Waals surface area contributed by atoms with Gasteiger partial charge in [-0.15, -0.1) is 6.58 Å². The van der Waals surface area contributed by atoms with Gasteiger partial charge in [-0.2, -0.15) is 0 Å². The maximum Gasteiger partial charge on any atom is 0.0346 e. The van der Waals surface area contributed by atoms with Crippen LogP contribution in [0.1, 0.15) is 33.1 Å². The lowest BCUT2D eigenvalue weighted by Crippen LogP contribution is -2.53. The molecule has 2 atom stereocenters. The molecule has 2 rings (SSSR count). The molecule has 0 aromatic rings. The van der Waals surface area contributed by atoms with E-state index in [4.69, 9.17) is 0 Å². The first-order valence-electron chi connectivity index (χ1n) is 8.00. The van der Waals surface area contributed by atoms with Crippen LogP contribution < -0.4 is 0 Å². The zero-order chi connectivity index (χ0) is 15.6. The Bertz CT molecular complexity index is 452. The molecule has 0 aromatic carbocycles. The first kappa shape index (κ1) is 16.3. The van der Waals surface area contributed by atoms with Crippen molar-refractivity contribution in [3.63, 3.8) is 0 Å². The Balaban J connectivity index is 1.93. The molecule has 0 N–H and O–H groups in total. The van der Waals surface area contributed by atoms with E-state index in [0.29, 0.717) is 12.1 Å². The van der Waals surface area contributed by atoms with Crippen LogP contribution in [0.3, 0.4) is 0 Å². The fourth-order valence-electron chi connectivity index (χ4n) is 3.62. The van der Waals surface area contributed by atoms with Crippen LogP contribution >= 0.6 is 0 Å². The van der Waals surface area contributed by atoms with Crippen molar-refractivity contribution in [1.29, 1.82) is 0 Å². The fraction of sp³-hybridized carbons (Fsp3) is 0.579. The van der Waals surface area contributed by atoms with Crippen LogP contribution in [0.25, 0.3) is 0 Å². The number of piperazine rings is 1. The largest absolute Gasteiger partial charge is 0.294 e. The highest BCUT2D eigenvalue weighted by Gasteiger charge is 2.31. The molecule has 1 saturated carbocycles. The van der Waals surface area contributed by atoms with Gasteiger partial charge in [0.25, 0.3) is 0 Å². The zero-order valence-electron chi connectivity index (χ0n) is 13.8. The predicted octanol–water partition coefficient (Wildman–Crippen LogP) is 3.79. The normalized spacial score (nSPS) is 26.1. The van der Waals surface area contributed by atoms with E-state index in [1.54, 1.807) is 0 Å². The Morgan fingerprint density at radius 1 is 1.14 bits per heavy atom. The van der Waals surface area contributed by atoms with E-state index in [1.165, 1.54) is 22.3 Å². The van der Waals surface area contributed by atoms with E-state index in [2.05, 4.69) is 50.0 Å². The Hall–Kier alpha value is -1.12. The van der Waals surface area contributed by atoms with Crippen molar-refractivity contribution in [1.82, 2.24) is 9.80 Å². The highest BCUT2D eigenvalue weighted by molar-refractivity contribution is 5.26. The molecule has 1 heterocycles. The van der Waals surface area contributed by atoms with Gasteiger partial charge in [0, 0.05) is 38.3 Å². The third-order valence-corrected chi connectivity index (χ3v) is 4.77. The van der Waals surface area contributed by atoms with Crippen LogP contribution in [0.2, 0.25) is 0 Å². The molecule has 0 bridgehead atoms. The second-order valence-corrected chi connectivity index (χ2v) is 6.90. The van der Waals surface area contributed by atoms with Gasteiger partial charge in [-0.25, -0.2) is 0 Å². The van der Waals surface area contributed by atoms with E-state index >= 15 is 0 Å². The summed E-state index contributed by atoms with van der Waals surface area (Å²) in [6, 6.07) is 0.982. The standard InChI is InChI=1S/C19H30N2/c1-14(2)11-18(15(3)4)20-7-9-21(10-8-20)19-13-16(5)12-17(19)6/h18-19H,1,3,5-13H2,2,4H3. The van der Waals surface area contributed by atoms with Gasteiger partial charge in [-0.05, 0) is 33.1 Å².